The topological polar surface area (TPSA) is 69.6 Å². The van der Waals surface area contributed by atoms with E-state index in [4.69, 9.17) is 5.11 Å². The third-order valence-corrected chi connectivity index (χ3v) is 3.88. The molecule has 1 aromatic carbocycles. The second-order valence-electron chi connectivity index (χ2n) is 5.43. The Labute approximate surface area is 125 Å². The number of rotatable bonds is 4. The van der Waals surface area contributed by atoms with Gasteiger partial charge in [-0.3, -0.25) is 9.59 Å². The van der Waals surface area contributed by atoms with Crippen molar-refractivity contribution in [3.63, 3.8) is 0 Å². The lowest BCUT2D eigenvalue weighted by atomic mass is 10.1. The lowest BCUT2D eigenvalue weighted by molar-refractivity contribution is -0.138. The van der Waals surface area contributed by atoms with E-state index in [2.05, 4.69) is 5.32 Å². The Morgan fingerprint density at radius 1 is 1.43 bits per heavy atom. The summed E-state index contributed by atoms with van der Waals surface area (Å²) in [4.78, 5) is 26.0. The van der Waals surface area contributed by atoms with Gasteiger partial charge in [-0.15, -0.1) is 0 Å². The molecular weight excluding hydrogens is 268 g/mol. The number of aliphatic hydroxyl groups is 1. The van der Waals surface area contributed by atoms with Crippen LogP contribution in [0.5, 0.6) is 0 Å². The van der Waals surface area contributed by atoms with Crippen LogP contribution in [0.2, 0.25) is 0 Å². The third-order valence-electron chi connectivity index (χ3n) is 3.88. The largest absolute Gasteiger partial charge is 0.396 e. The maximum absolute atomic E-state index is 12.3. The Hall–Kier alpha value is -1.88. The molecule has 1 unspecified atom stereocenters. The smallest absolute Gasteiger partial charge is 0.316 e. The second kappa shape index (κ2) is 6.72. The number of anilines is 1. The van der Waals surface area contributed by atoms with E-state index in [0.29, 0.717) is 19.4 Å². The van der Waals surface area contributed by atoms with Crippen LogP contribution >= 0.6 is 0 Å². The first-order valence-corrected chi connectivity index (χ1v) is 7.39. The summed E-state index contributed by atoms with van der Waals surface area (Å²) >= 11 is 0. The maximum atomic E-state index is 12.3. The van der Waals surface area contributed by atoms with Gasteiger partial charge in [-0.25, -0.2) is 0 Å². The molecule has 1 aliphatic rings. The predicted octanol–water partition coefficient (Wildman–Crippen LogP) is 1.16. The van der Waals surface area contributed by atoms with E-state index in [-0.39, 0.29) is 12.6 Å². The molecule has 2 rings (SSSR count). The monoisotopic (exact) mass is 290 g/mol. The minimum absolute atomic E-state index is 0.00127. The van der Waals surface area contributed by atoms with E-state index < -0.39 is 11.8 Å². The molecule has 0 radical (unpaired) electrons. The lowest BCUT2D eigenvalue weighted by Gasteiger charge is -2.20. The molecule has 114 valence electrons. The molecule has 21 heavy (non-hydrogen) atoms. The summed E-state index contributed by atoms with van der Waals surface area (Å²) in [7, 11) is 0. The lowest BCUT2D eigenvalue weighted by Crippen LogP contribution is -2.46. The highest BCUT2D eigenvalue weighted by Gasteiger charge is 2.29. The van der Waals surface area contributed by atoms with Crippen molar-refractivity contribution >= 4 is 17.5 Å². The molecule has 0 saturated carbocycles. The van der Waals surface area contributed by atoms with Crippen molar-refractivity contribution in [1.29, 1.82) is 0 Å². The van der Waals surface area contributed by atoms with Crippen LogP contribution in [0.25, 0.3) is 0 Å². The van der Waals surface area contributed by atoms with E-state index in [1.807, 2.05) is 32.0 Å². The van der Waals surface area contributed by atoms with Crippen LogP contribution in [0.4, 0.5) is 5.69 Å². The molecule has 0 bridgehead atoms. The molecule has 2 N–H and O–H groups in total. The molecular formula is C16H22N2O3. The molecule has 0 aromatic heterocycles. The molecule has 0 spiro atoms. The minimum atomic E-state index is -0.593. The Balaban J connectivity index is 2.08. The zero-order valence-electron chi connectivity index (χ0n) is 12.6. The summed E-state index contributed by atoms with van der Waals surface area (Å²) in [6.07, 6.45) is 1.93. The van der Waals surface area contributed by atoms with Gasteiger partial charge in [-0.2, -0.15) is 0 Å². The number of fused-ring (bicyclic) bond motifs is 1. The highest BCUT2D eigenvalue weighted by atomic mass is 16.3. The van der Waals surface area contributed by atoms with E-state index >= 15 is 0 Å². The Morgan fingerprint density at radius 3 is 2.86 bits per heavy atom. The first kappa shape index (κ1) is 15.5. The van der Waals surface area contributed by atoms with Crippen LogP contribution < -0.4 is 10.2 Å². The predicted molar refractivity (Wildman–Crippen MR) is 81.2 cm³/mol. The number of carbonyl (C=O) groups excluding carboxylic acids is 2. The number of amides is 2. The molecule has 1 aromatic rings. The molecule has 1 heterocycles. The summed E-state index contributed by atoms with van der Waals surface area (Å²) < 4.78 is 0. The molecule has 1 atom stereocenters. The highest BCUT2D eigenvalue weighted by molar-refractivity contribution is 6.40. The number of nitrogens with one attached hydrogen (secondary N) is 1. The highest BCUT2D eigenvalue weighted by Crippen LogP contribution is 2.28. The van der Waals surface area contributed by atoms with Crippen molar-refractivity contribution in [3.05, 3.63) is 29.3 Å². The van der Waals surface area contributed by atoms with E-state index in [1.54, 1.807) is 4.90 Å². The van der Waals surface area contributed by atoms with Crippen LogP contribution in [0.3, 0.4) is 0 Å². The van der Waals surface area contributed by atoms with Gasteiger partial charge >= 0.3 is 11.8 Å². The molecule has 5 nitrogen and oxygen atoms in total. The Morgan fingerprint density at radius 2 is 2.19 bits per heavy atom. The molecule has 2 amide bonds. The summed E-state index contributed by atoms with van der Waals surface area (Å²) in [5.41, 5.74) is 3.01. The quantitative estimate of drug-likeness (QED) is 0.818. The molecule has 0 saturated heterocycles. The first-order valence-electron chi connectivity index (χ1n) is 7.39. The molecule has 0 fully saturated rings. The van der Waals surface area contributed by atoms with Gasteiger partial charge in [0, 0.05) is 24.9 Å². The van der Waals surface area contributed by atoms with Gasteiger partial charge in [0.25, 0.3) is 0 Å². The maximum Gasteiger partial charge on any atom is 0.316 e. The van der Waals surface area contributed by atoms with E-state index in [1.165, 1.54) is 0 Å². The van der Waals surface area contributed by atoms with Crippen molar-refractivity contribution in [2.45, 2.75) is 39.2 Å². The third kappa shape index (κ3) is 3.42. The molecule has 5 heteroatoms. The van der Waals surface area contributed by atoms with Gasteiger partial charge in [0.05, 0.1) is 0 Å². The standard InChI is InChI=1S/C16H22N2O3/c1-3-13(7-9-19)17-15(20)16(21)18-8-6-12-5-4-11(2)10-14(12)18/h4-5,10,13,19H,3,6-9H2,1-2H3,(H,17,20). The number of hydrogen-bond acceptors (Lipinski definition) is 3. The van der Waals surface area contributed by atoms with Gasteiger partial charge in [0.15, 0.2) is 0 Å². The summed E-state index contributed by atoms with van der Waals surface area (Å²) in [6, 6.07) is 5.81. The average Bonchev–Trinajstić information content (AvgIpc) is 2.88. The number of aryl methyl sites for hydroxylation is 1. The Kier molecular flexibility index (Phi) is 4.96. The van der Waals surface area contributed by atoms with E-state index in [0.717, 1.165) is 23.2 Å². The molecule has 0 aliphatic carbocycles. The van der Waals surface area contributed by atoms with E-state index in [9.17, 15) is 9.59 Å². The fraction of sp³-hybridized carbons (Fsp3) is 0.500. The molecule has 1 aliphatic heterocycles. The SMILES string of the molecule is CCC(CCO)NC(=O)C(=O)N1CCc2ccc(C)cc21. The van der Waals surface area contributed by atoms with Crippen LogP contribution in [-0.2, 0) is 16.0 Å². The number of benzene rings is 1. The fourth-order valence-corrected chi connectivity index (χ4v) is 2.60. The minimum Gasteiger partial charge on any atom is -0.396 e. The summed E-state index contributed by atoms with van der Waals surface area (Å²) in [6.45, 7) is 4.43. The average molecular weight is 290 g/mol. The Bertz CT molecular complexity index is 542. The fourth-order valence-electron chi connectivity index (χ4n) is 2.60. The zero-order valence-corrected chi connectivity index (χ0v) is 12.6. The van der Waals surface area contributed by atoms with Crippen LogP contribution in [-0.4, -0.2) is 36.1 Å². The summed E-state index contributed by atoms with van der Waals surface area (Å²) in [5.74, 6) is -1.11. The van der Waals surface area contributed by atoms with Gasteiger partial charge in [0.1, 0.15) is 0 Å². The van der Waals surface area contributed by atoms with Crippen molar-refractivity contribution in [2.75, 3.05) is 18.1 Å². The second-order valence-corrected chi connectivity index (χ2v) is 5.43. The van der Waals surface area contributed by atoms with Gasteiger partial charge in [-0.1, -0.05) is 19.1 Å². The van der Waals surface area contributed by atoms with Gasteiger partial charge in [-0.05, 0) is 43.4 Å². The van der Waals surface area contributed by atoms with Gasteiger partial charge < -0.3 is 15.3 Å². The number of hydrogen-bond donors (Lipinski definition) is 2. The van der Waals surface area contributed by atoms with Gasteiger partial charge in [0.2, 0.25) is 0 Å². The summed E-state index contributed by atoms with van der Waals surface area (Å²) in [5, 5.41) is 11.6. The van der Waals surface area contributed by atoms with Crippen LogP contribution in [0.1, 0.15) is 30.9 Å². The van der Waals surface area contributed by atoms with Crippen molar-refractivity contribution < 1.29 is 14.7 Å². The van der Waals surface area contributed by atoms with Crippen molar-refractivity contribution in [3.8, 4) is 0 Å². The number of aliphatic hydroxyl groups excluding tert-OH is 1. The number of nitrogens with zero attached hydrogens (tertiary/aromatic N) is 1. The first-order chi connectivity index (χ1) is 10.1. The van der Waals surface area contributed by atoms with Crippen molar-refractivity contribution in [2.24, 2.45) is 0 Å². The normalized spacial score (nSPS) is 14.7. The van der Waals surface area contributed by atoms with Crippen molar-refractivity contribution in [1.82, 2.24) is 5.32 Å². The van der Waals surface area contributed by atoms with Crippen LogP contribution in [0.15, 0.2) is 18.2 Å². The number of carbonyl (C=O) groups is 2. The zero-order chi connectivity index (χ0) is 15.4. The van der Waals surface area contributed by atoms with Crippen LogP contribution in [0, 0.1) is 6.92 Å².